The molecule has 4 heteroatoms. The molecule has 1 aliphatic carbocycles. The fraction of sp³-hybridized carbons (Fsp3) is 0.714. The predicted molar refractivity (Wildman–Crippen MR) is 73.0 cm³/mol. The molecule has 1 N–H and O–H groups in total. The third-order valence-corrected chi connectivity index (χ3v) is 3.80. The second-order valence-corrected chi connectivity index (χ2v) is 4.92. The number of nitrogens with zero attached hydrogens (tertiary/aromatic N) is 2. The maximum absolute atomic E-state index is 12.0. The molecule has 4 nitrogen and oxygen atoms in total. The molecule has 0 aromatic carbocycles. The van der Waals surface area contributed by atoms with Gasteiger partial charge < -0.3 is 9.88 Å². The molecule has 1 heterocycles. The minimum Gasteiger partial charge on any atom is -0.310 e. The molecule has 1 aliphatic rings. The highest BCUT2D eigenvalue weighted by Crippen LogP contribution is 2.15. The van der Waals surface area contributed by atoms with Crippen molar-refractivity contribution >= 4 is 0 Å². The number of hydrogen-bond donors (Lipinski definition) is 1. The summed E-state index contributed by atoms with van der Waals surface area (Å²) in [4.78, 5) is 21.9. The van der Waals surface area contributed by atoms with E-state index in [0.29, 0.717) is 0 Å². The van der Waals surface area contributed by atoms with E-state index in [4.69, 9.17) is 0 Å². The predicted octanol–water partition coefficient (Wildman–Crippen LogP) is 1.53. The van der Waals surface area contributed by atoms with Gasteiger partial charge in [-0.25, -0.2) is 4.98 Å². The lowest BCUT2D eigenvalue weighted by Gasteiger charge is -2.18. The fourth-order valence-corrected chi connectivity index (χ4v) is 2.58. The van der Waals surface area contributed by atoms with Crippen LogP contribution in [0, 0.1) is 0 Å². The summed E-state index contributed by atoms with van der Waals surface area (Å²) >= 11 is 0. The number of hydrogen-bond acceptors (Lipinski definition) is 3. The highest BCUT2D eigenvalue weighted by Gasteiger charge is 2.15. The van der Waals surface area contributed by atoms with Crippen molar-refractivity contribution in [3.8, 4) is 0 Å². The van der Waals surface area contributed by atoms with Crippen LogP contribution in [0.1, 0.15) is 43.8 Å². The minimum atomic E-state index is 0.0919. The van der Waals surface area contributed by atoms with Crippen LogP contribution in [-0.2, 0) is 19.3 Å². The van der Waals surface area contributed by atoms with Crippen LogP contribution in [-0.4, -0.2) is 34.5 Å². The van der Waals surface area contributed by atoms with Gasteiger partial charge in [0.05, 0.1) is 5.69 Å². The van der Waals surface area contributed by atoms with E-state index in [1.165, 1.54) is 6.42 Å². The lowest BCUT2D eigenvalue weighted by molar-refractivity contribution is 0.305. The van der Waals surface area contributed by atoms with Gasteiger partial charge in [-0.2, -0.15) is 0 Å². The van der Waals surface area contributed by atoms with E-state index < -0.39 is 0 Å². The van der Waals surface area contributed by atoms with Crippen molar-refractivity contribution in [2.24, 2.45) is 0 Å². The van der Waals surface area contributed by atoms with Crippen LogP contribution in [0.2, 0.25) is 0 Å². The van der Waals surface area contributed by atoms with Crippen molar-refractivity contribution < 1.29 is 0 Å². The van der Waals surface area contributed by atoms with Gasteiger partial charge in [0.25, 0.3) is 5.56 Å². The number of H-pyrrole nitrogens is 1. The van der Waals surface area contributed by atoms with Crippen molar-refractivity contribution in [2.45, 2.75) is 46.0 Å². The molecule has 100 valence electrons. The van der Waals surface area contributed by atoms with Gasteiger partial charge in [-0.3, -0.25) is 4.79 Å². The third kappa shape index (κ3) is 2.99. The van der Waals surface area contributed by atoms with E-state index in [2.05, 4.69) is 28.7 Å². The van der Waals surface area contributed by atoms with Crippen molar-refractivity contribution in [1.82, 2.24) is 14.9 Å². The largest absolute Gasteiger partial charge is 0.310 e. The smallest absolute Gasteiger partial charge is 0.254 e. The molecule has 0 atom stereocenters. The Kier molecular flexibility index (Phi) is 4.53. The number of fused-ring (bicyclic) bond motifs is 1. The lowest BCUT2D eigenvalue weighted by Crippen LogP contribution is -2.28. The molecule has 0 aliphatic heterocycles. The first-order valence-corrected chi connectivity index (χ1v) is 7.07. The van der Waals surface area contributed by atoms with Gasteiger partial charge >= 0.3 is 0 Å². The summed E-state index contributed by atoms with van der Waals surface area (Å²) in [7, 11) is 0. The molecule has 0 unspecified atom stereocenters. The minimum absolute atomic E-state index is 0.0919. The van der Waals surface area contributed by atoms with Crippen LogP contribution in [0.4, 0.5) is 0 Å². The highest BCUT2D eigenvalue weighted by atomic mass is 16.1. The van der Waals surface area contributed by atoms with E-state index in [-0.39, 0.29) is 5.56 Å². The van der Waals surface area contributed by atoms with E-state index in [0.717, 1.165) is 62.4 Å². The summed E-state index contributed by atoms with van der Waals surface area (Å²) in [6.45, 7) is 7.38. The molecule has 2 rings (SSSR count). The normalized spacial score (nSPS) is 14.8. The molecule has 0 radical (unpaired) electrons. The average Bonchev–Trinajstić information content (AvgIpc) is 2.40. The van der Waals surface area contributed by atoms with Gasteiger partial charge in [-0.05, 0) is 38.8 Å². The van der Waals surface area contributed by atoms with E-state index >= 15 is 0 Å². The van der Waals surface area contributed by atoms with Crippen LogP contribution in [0.3, 0.4) is 0 Å². The Hall–Kier alpha value is -1.16. The second-order valence-electron chi connectivity index (χ2n) is 4.92. The molecular formula is C14H23N3O. The summed E-state index contributed by atoms with van der Waals surface area (Å²) < 4.78 is 0. The molecule has 18 heavy (non-hydrogen) atoms. The number of likely N-dealkylation sites (N-methyl/N-ethyl adjacent to an activating group) is 1. The van der Waals surface area contributed by atoms with Crippen molar-refractivity contribution in [1.29, 1.82) is 0 Å². The quantitative estimate of drug-likeness (QED) is 0.861. The van der Waals surface area contributed by atoms with Crippen LogP contribution < -0.4 is 5.56 Å². The zero-order chi connectivity index (χ0) is 13.0. The summed E-state index contributed by atoms with van der Waals surface area (Å²) in [5, 5.41) is 0. The van der Waals surface area contributed by atoms with E-state index in [9.17, 15) is 4.79 Å². The molecule has 0 spiro atoms. The first-order valence-electron chi connectivity index (χ1n) is 7.07. The van der Waals surface area contributed by atoms with Crippen molar-refractivity contribution in [3.05, 3.63) is 27.4 Å². The number of aromatic amines is 1. The van der Waals surface area contributed by atoms with Crippen LogP contribution in [0.5, 0.6) is 0 Å². The van der Waals surface area contributed by atoms with E-state index in [1.807, 2.05) is 0 Å². The SMILES string of the molecule is CCN(CC)CCc1nc2c(c(=O)[nH]1)CCCC2. The summed E-state index contributed by atoms with van der Waals surface area (Å²) in [5.41, 5.74) is 2.06. The summed E-state index contributed by atoms with van der Waals surface area (Å²) in [6, 6.07) is 0. The topological polar surface area (TPSA) is 49.0 Å². The fourth-order valence-electron chi connectivity index (χ4n) is 2.58. The Morgan fingerprint density at radius 3 is 2.67 bits per heavy atom. The molecule has 0 saturated heterocycles. The first-order chi connectivity index (χ1) is 8.74. The van der Waals surface area contributed by atoms with Crippen molar-refractivity contribution in [2.75, 3.05) is 19.6 Å². The van der Waals surface area contributed by atoms with Crippen LogP contribution >= 0.6 is 0 Å². The average molecular weight is 249 g/mol. The molecular weight excluding hydrogens is 226 g/mol. The van der Waals surface area contributed by atoms with Gasteiger partial charge in [0.2, 0.25) is 0 Å². The van der Waals surface area contributed by atoms with Crippen LogP contribution in [0.25, 0.3) is 0 Å². The zero-order valence-corrected chi connectivity index (χ0v) is 11.5. The second kappa shape index (κ2) is 6.14. The first kappa shape index (κ1) is 13.3. The number of aryl methyl sites for hydroxylation is 1. The van der Waals surface area contributed by atoms with Gasteiger partial charge in [-0.1, -0.05) is 13.8 Å². The highest BCUT2D eigenvalue weighted by molar-refractivity contribution is 5.20. The Bertz CT molecular complexity index is 449. The Morgan fingerprint density at radius 1 is 1.22 bits per heavy atom. The maximum Gasteiger partial charge on any atom is 0.254 e. The zero-order valence-electron chi connectivity index (χ0n) is 11.5. The number of aromatic nitrogens is 2. The summed E-state index contributed by atoms with van der Waals surface area (Å²) in [6.07, 6.45) is 4.99. The molecule has 0 fully saturated rings. The molecule has 1 aromatic rings. The molecule has 0 saturated carbocycles. The van der Waals surface area contributed by atoms with Gasteiger partial charge in [-0.15, -0.1) is 0 Å². The van der Waals surface area contributed by atoms with Crippen molar-refractivity contribution in [3.63, 3.8) is 0 Å². The van der Waals surface area contributed by atoms with E-state index in [1.54, 1.807) is 0 Å². The van der Waals surface area contributed by atoms with Crippen LogP contribution in [0.15, 0.2) is 4.79 Å². The van der Waals surface area contributed by atoms with Gasteiger partial charge in [0, 0.05) is 18.5 Å². The summed E-state index contributed by atoms with van der Waals surface area (Å²) in [5.74, 6) is 0.854. The van der Waals surface area contributed by atoms with Gasteiger partial charge in [0.15, 0.2) is 0 Å². The Balaban J connectivity index is 2.10. The van der Waals surface area contributed by atoms with Gasteiger partial charge in [0.1, 0.15) is 5.82 Å². The molecule has 1 aromatic heterocycles. The monoisotopic (exact) mass is 249 g/mol. The Morgan fingerprint density at radius 2 is 1.94 bits per heavy atom. The Labute approximate surface area is 108 Å². The maximum atomic E-state index is 12.0. The lowest BCUT2D eigenvalue weighted by atomic mass is 9.97. The number of nitrogens with one attached hydrogen (secondary N) is 1. The number of rotatable bonds is 5. The molecule has 0 bridgehead atoms. The standard InChI is InChI=1S/C14H23N3O/c1-3-17(4-2)10-9-13-15-12-8-6-5-7-11(12)14(18)16-13/h3-10H2,1-2H3,(H,15,16,18). The third-order valence-electron chi connectivity index (χ3n) is 3.80. The molecule has 0 amide bonds.